The van der Waals surface area contributed by atoms with E-state index in [1.54, 1.807) is 22.2 Å². The Labute approximate surface area is 202 Å². The summed E-state index contributed by atoms with van der Waals surface area (Å²) in [4.78, 5) is 34.1. The van der Waals surface area contributed by atoms with E-state index in [2.05, 4.69) is 35.3 Å². The number of hydrogen-bond acceptors (Lipinski definition) is 6. The molecule has 4 heterocycles. The van der Waals surface area contributed by atoms with Gasteiger partial charge in [-0.2, -0.15) is 10.2 Å². The lowest BCUT2D eigenvalue weighted by Gasteiger charge is -2.45. The molecule has 0 unspecified atom stereocenters. The molecule has 1 spiro atoms. The number of rotatable bonds is 3. The highest BCUT2D eigenvalue weighted by Crippen LogP contribution is 2.48. The SMILES string of the molecule is COC(=O)N1CC2(C1)C(=O)N(Cc1ncc3cc(C)ccc3c1-c1ccnnc1)c1ccccc12. The number of pyridine rings is 1. The molecule has 1 fully saturated rings. The van der Waals surface area contributed by atoms with Gasteiger partial charge in [-0.25, -0.2) is 4.79 Å². The van der Waals surface area contributed by atoms with Gasteiger partial charge in [-0.05, 0) is 36.1 Å². The van der Waals surface area contributed by atoms with E-state index >= 15 is 0 Å². The maximum absolute atomic E-state index is 13.9. The number of likely N-dealkylation sites (tertiary alicyclic amines) is 1. The summed E-state index contributed by atoms with van der Waals surface area (Å²) in [5.41, 5.74) is 4.80. The number of fused-ring (bicyclic) bond motifs is 3. The van der Waals surface area contributed by atoms with Crippen molar-refractivity contribution in [2.24, 2.45) is 0 Å². The lowest BCUT2D eigenvalue weighted by molar-refractivity contribution is -0.128. The Bertz CT molecular complexity index is 1480. The zero-order valence-corrected chi connectivity index (χ0v) is 19.4. The number of nitrogens with zero attached hydrogens (tertiary/aromatic N) is 5. The van der Waals surface area contributed by atoms with E-state index in [4.69, 9.17) is 9.72 Å². The van der Waals surface area contributed by atoms with Crippen LogP contribution in [0.3, 0.4) is 0 Å². The topological polar surface area (TPSA) is 88.5 Å². The molecule has 8 heteroatoms. The van der Waals surface area contributed by atoms with E-state index in [0.29, 0.717) is 19.6 Å². The predicted octanol–water partition coefficient (Wildman–Crippen LogP) is 3.87. The summed E-state index contributed by atoms with van der Waals surface area (Å²) in [6.07, 6.45) is 4.83. The minimum absolute atomic E-state index is 0.0246. The number of ether oxygens (including phenoxy) is 1. The lowest BCUT2D eigenvalue weighted by atomic mass is 9.75. The molecule has 0 bridgehead atoms. The molecule has 0 aliphatic carbocycles. The third kappa shape index (κ3) is 3.17. The van der Waals surface area contributed by atoms with Gasteiger partial charge in [-0.3, -0.25) is 9.78 Å². The van der Waals surface area contributed by atoms with Crippen molar-refractivity contribution in [1.29, 1.82) is 0 Å². The number of aryl methyl sites for hydroxylation is 1. The molecule has 0 N–H and O–H groups in total. The van der Waals surface area contributed by atoms with Gasteiger partial charge in [-0.1, -0.05) is 35.9 Å². The molecular weight excluding hydrogens is 442 g/mol. The van der Waals surface area contributed by atoms with Crippen molar-refractivity contribution in [2.45, 2.75) is 18.9 Å². The molecular formula is C27H23N5O3. The lowest BCUT2D eigenvalue weighted by Crippen LogP contribution is -2.65. The number of hydrogen-bond donors (Lipinski definition) is 0. The van der Waals surface area contributed by atoms with Crippen molar-refractivity contribution < 1.29 is 14.3 Å². The van der Waals surface area contributed by atoms with Crippen LogP contribution in [-0.4, -0.2) is 52.3 Å². The second kappa shape index (κ2) is 7.87. The molecule has 1 saturated heterocycles. The van der Waals surface area contributed by atoms with Gasteiger partial charge in [0.2, 0.25) is 5.91 Å². The van der Waals surface area contributed by atoms with E-state index in [1.165, 1.54) is 7.11 Å². The van der Waals surface area contributed by atoms with E-state index in [1.807, 2.05) is 36.5 Å². The van der Waals surface area contributed by atoms with Crippen LogP contribution >= 0.6 is 0 Å². The molecule has 2 aliphatic rings. The number of amides is 2. The molecule has 8 nitrogen and oxygen atoms in total. The van der Waals surface area contributed by atoms with Crippen LogP contribution in [0, 0.1) is 6.92 Å². The Balaban J connectivity index is 1.44. The minimum Gasteiger partial charge on any atom is -0.453 e. The number of para-hydroxylation sites is 1. The number of carbonyl (C=O) groups is 2. The molecule has 35 heavy (non-hydrogen) atoms. The van der Waals surface area contributed by atoms with Crippen LogP contribution in [0.4, 0.5) is 10.5 Å². The van der Waals surface area contributed by atoms with E-state index in [-0.39, 0.29) is 5.91 Å². The van der Waals surface area contributed by atoms with Crippen molar-refractivity contribution in [3.8, 4) is 11.1 Å². The summed E-state index contributed by atoms with van der Waals surface area (Å²) in [6.45, 7) is 2.96. The first-order valence-electron chi connectivity index (χ1n) is 11.4. The first-order chi connectivity index (χ1) is 17.0. The standard InChI is InChI=1S/C27H23N5O3/c1-17-7-8-20-19(11-17)12-28-22(24(20)18-9-10-29-30-13-18)14-32-23-6-4-3-5-21(23)27(25(32)33)15-31(16-27)26(34)35-2/h3-13H,14-16H2,1-2H3. The monoisotopic (exact) mass is 465 g/mol. The van der Waals surface area contributed by atoms with Gasteiger partial charge < -0.3 is 14.5 Å². The summed E-state index contributed by atoms with van der Waals surface area (Å²) in [7, 11) is 1.35. The highest BCUT2D eigenvalue weighted by atomic mass is 16.5. The normalized spacial score (nSPS) is 15.9. The average molecular weight is 466 g/mol. The largest absolute Gasteiger partial charge is 0.453 e. The third-order valence-corrected chi connectivity index (χ3v) is 7.02. The highest BCUT2D eigenvalue weighted by Gasteiger charge is 2.59. The number of anilines is 1. The van der Waals surface area contributed by atoms with Gasteiger partial charge in [0.05, 0.1) is 31.7 Å². The molecule has 174 valence electrons. The van der Waals surface area contributed by atoms with Crippen LogP contribution in [0.2, 0.25) is 0 Å². The van der Waals surface area contributed by atoms with Crippen molar-refractivity contribution in [1.82, 2.24) is 20.1 Å². The van der Waals surface area contributed by atoms with Crippen molar-refractivity contribution in [3.63, 3.8) is 0 Å². The summed E-state index contributed by atoms with van der Waals surface area (Å²) in [5, 5.41) is 10.1. The van der Waals surface area contributed by atoms with Crippen LogP contribution in [0.1, 0.15) is 16.8 Å². The second-order valence-corrected chi connectivity index (χ2v) is 9.12. The van der Waals surface area contributed by atoms with E-state index < -0.39 is 11.5 Å². The van der Waals surface area contributed by atoms with Gasteiger partial charge in [0.15, 0.2) is 0 Å². The van der Waals surface area contributed by atoms with Gasteiger partial charge >= 0.3 is 6.09 Å². The van der Waals surface area contributed by atoms with Crippen molar-refractivity contribution in [3.05, 3.63) is 83.9 Å². The molecule has 2 aliphatic heterocycles. The fourth-order valence-corrected chi connectivity index (χ4v) is 5.34. The van der Waals surface area contributed by atoms with Crippen LogP contribution in [0.5, 0.6) is 0 Å². The van der Waals surface area contributed by atoms with Gasteiger partial charge in [0.25, 0.3) is 0 Å². The summed E-state index contributed by atoms with van der Waals surface area (Å²) < 4.78 is 4.86. The molecule has 2 aromatic carbocycles. The second-order valence-electron chi connectivity index (χ2n) is 9.12. The minimum atomic E-state index is -0.753. The predicted molar refractivity (Wildman–Crippen MR) is 131 cm³/mol. The molecule has 6 rings (SSSR count). The first-order valence-corrected chi connectivity index (χ1v) is 11.4. The van der Waals surface area contributed by atoms with Gasteiger partial charge in [-0.15, -0.1) is 0 Å². The Morgan fingerprint density at radius 3 is 2.69 bits per heavy atom. The Morgan fingerprint density at radius 2 is 1.91 bits per heavy atom. The Morgan fingerprint density at radius 1 is 1.09 bits per heavy atom. The van der Waals surface area contributed by atoms with Crippen LogP contribution in [0.15, 0.2) is 67.1 Å². The summed E-state index contributed by atoms with van der Waals surface area (Å²) in [6, 6.07) is 16.0. The smallest absolute Gasteiger partial charge is 0.409 e. The Hall–Kier alpha value is -4.33. The fraction of sp³-hybridized carbons (Fsp3) is 0.222. The summed E-state index contributed by atoms with van der Waals surface area (Å²) >= 11 is 0. The average Bonchev–Trinajstić information content (AvgIpc) is 3.11. The molecule has 0 saturated carbocycles. The molecule has 2 aromatic heterocycles. The van der Waals surface area contributed by atoms with Gasteiger partial charge in [0, 0.05) is 41.5 Å². The zero-order valence-electron chi connectivity index (χ0n) is 19.4. The molecule has 0 atom stereocenters. The number of methoxy groups -OCH3 is 1. The van der Waals surface area contributed by atoms with Crippen molar-refractivity contribution in [2.75, 3.05) is 25.1 Å². The van der Waals surface area contributed by atoms with Crippen LogP contribution in [0.25, 0.3) is 21.9 Å². The molecule has 2 amide bonds. The zero-order chi connectivity index (χ0) is 24.2. The van der Waals surface area contributed by atoms with E-state index in [9.17, 15) is 9.59 Å². The maximum atomic E-state index is 13.9. The number of carbonyl (C=O) groups excluding carboxylic acids is 2. The number of benzene rings is 2. The van der Waals surface area contributed by atoms with Crippen LogP contribution in [-0.2, 0) is 21.5 Å². The van der Waals surface area contributed by atoms with Crippen molar-refractivity contribution >= 4 is 28.5 Å². The van der Waals surface area contributed by atoms with E-state index in [0.717, 1.165) is 44.4 Å². The quantitative estimate of drug-likeness (QED) is 0.456. The molecule has 4 aromatic rings. The molecule has 0 radical (unpaired) electrons. The summed E-state index contributed by atoms with van der Waals surface area (Å²) in [5.74, 6) is -0.0246. The third-order valence-electron chi connectivity index (χ3n) is 7.02. The fourth-order valence-electron chi connectivity index (χ4n) is 5.34. The Kier molecular flexibility index (Phi) is 4.77. The van der Waals surface area contributed by atoms with Crippen LogP contribution < -0.4 is 4.90 Å². The van der Waals surface area contributed by atoms with Gasteiger partial charge in [0.1, 0.15) is 5.41 Å². The number of aromatic nitrogens is 3. The maximum Gasteiger partial charge on any atom is 0.409 e. The first kappa shape index (κ1) is 21.2. The highest BCUT2D eigenvalue weighted by molar-refractivity contribution is 6.10.